The first-order chi connectivity index (χ1) is 14.0. The van der Waals surface area contributed by atoms with E-state index in [1.807, 2.05) is 13.0 Å². The number of guanidine groups is 1. The topological polar surface area (TPSA) is 67.1 Å². The molecule has 0 amide bonds. The molecule has 0 saturated carbocycles. The Kier molecular flexibility index (Phi) is 9.51. The fourth-order valence-corrected chi connectivity index (χ4v) is 3.64. The fraction of sp³-hybridized carbons (Fsp3) is 0.591. The molecule has 8 heteroatoms. The number of aryl methyl sites for hydroxylation is 1. The van der Waals surface area contributed by atoms with E-state index in [0.29, 0.717) is 6.54 Å². The average molecular weight is 528 g/mol. The first-order valence-corrected chi connectivity index (χ1v) is 10.7. The van der Waals surface area contributed by atoms with Crippen molar-refractivity contribution in [2.75, 3.05) is 19.6 Å². The number of hydrogen-bond acceptors (Lipinski definition) is 3. The van der Waals surface area contributed by atoms with Gasteiger partial charge in [-0.2, -0.15) is 0 Å². The molecule has 1 aliphatic rings. The van der Waals surface area contributed by atoms with Gasteiger partial charge in [-0.3, -0.25) is 4.99 Å². The number of halogens is 2. The van der Waals surface area contributed by atoms with Crippen molar-refractivity contribution in [3.8, 4) is 0 Å². The summed E-state index contributed by atoms with van der Waals surface area (Å²) in [6.07, 6.45) is 5.50. The molecule has 1 aromatic heterocycles. The van der Waals surface area contributed by atoms with E-state index < -0.39 is 0 Å². The summed E-state index contributed by atoms with van der Waals surface area (Å²) in [5.41, 5.74) is 0.692. The summed E-state index contributed by atoms with van der Waals surface area (Å²) in [5.74, 6) is 2.73. The number of nitrogens with one attached hydrogen (secondary N) is 2. The molecule has 166 valence electrons. The number of aromatic nitrogens is 3. The Bertz CT molecular complexity index is 833. The second kappa shape index (κ2) is 11.6. The molecule has 2 heterocycles. The molecule has 1 aliphatic heterocycles. The molecule has 0 spiro atoms. The van der Waals surface area contributed by atoms with Gasteiger partial charge in [0.15, 0.2) is 5.96 Å². The number of aliphatic imine (C=N–C) groups is 1. The van der Waals surface area contributed by atoms with Gasteiger partial charge in [0, 0.05) is 37.9 Å². The Balaban J connectivity index is 0.00000320. The Labute approximate surface area is 196 Å². The van der Waals surface area contributed by atoms with Gasteiger partial charge in [-0.15, -0.1) is 34.2 Å². The maximum atomic E-state index is 13.6. The summed E-state index contributed by atoms with van der Waals surface area (Å²) in [5, 5.41) is 15.5. The van der Waals surface area contributed by atoms with Crippen LogP contribution in [0.25, 0.3) is 0 Å². The Morgan fingerprint density at radius 3 is 2.80 bits per heavy atom. The van der Waals surface area contributed by atoms with Gasteiger partial charge in [-0.1, -0.05) is 32.4 Å². The van der Waals surface area contributed by atoms with Crippen LogP contribution in [0.5, 0.6) is 0 Å². The van der Waals surface area contributed by atoms with Crippen molar-refractivity contribution >= 4 is 29.9 Å². The zero-order valence-electron chi connectivity index (χ0n) is 18.2. The third kappa shape index (κ3) is 6.65. The minimum Gasteiger partial charge on any atom is -0.357 e. The first-order valence-electron chi connectivity index (χ1n) is 10.7. The van der Waals surface area contributed by atoms with Crippen LogP contribution in [-0.2, 0) is 24.8 Å². The number of fused-ring (bicyclic) bond motifs is 1. The minimum absolute atomic E-state index is 0. The molecule has 2 aromatic rings. The molecule has 0 atom stereocenters. The SMILES string of the molecule is CCNC(=NCC(C)(C)c1cccc(F)c1)NCCc1nnc2n1CCCCC2.I. The molecule has 30 heavy (non-hydrogen) atoms. The van der Waals surface area contributed by atoms with E-state index in [9.17, 15) is 4.39 Å². The van der Waals surface area contributed by atoms with Crippen LogP contribution in [0.4, 0.5) is 4.39 Å². The van der Waals surface area contributed by atoms with E-state index >= 15 is 0 Å². The van der Waals surface area contributed by atoms with Gasteiger partial charge in [0.2, 0.25) is 0 Å². The fourth-order valence-electron chi connectivity index (χ4n) is 3.64. The van der Waals surface area contributed by atoms with Crippen molar-refractivity contribution in [3.05, 3.63) is 47.3 Å². The van der Waals surface area contributed by atoms with Crippen LogP contribution < -0.4 is 10.6 Å². The lowest BCUT2D eigenvalue weighted by atomic mass is 9.85. The Morgan fingerprint density at radius 2 is 2.03 bits per heavy atom. The lowest BCUT2D eigenvalue weighted by Crippen LogP contribution is -2.39. The highest BCUT2D eigenvalue weighted by molar-refractivity contribution is 14.0. The van der Waals surface area contributed by atoms with E-state index in [2.05, 4.69) is 39.2 Å². The largest absolute Gasteiger partial charge is 0.357 e. The van der Waals surface area contributed by atoms with Crippen LogP contribution in [0.3, 0.4) is 0 Å². The van der Waals surface area contributed by atoms with Gasteiger partial charge in [0.25, 0.3) is 0 Å². The molecule has 0 fully saturated rings. The van der Waals surface area contributed by atoms with Crippen molar-refractivity contribution in [1.82, 2.24) is 25.4 Å². The molecule has 2 N–H and O–H groups in total. The zero-order chi connectivity index (χ0) is 20.7. The number of rotatable bonds is 7. The number of nitrogens with zero attached hydrogens (tertiary/aromatic N) is 4. The smallest absolute Gasteiger partial charge is 0.191 e. The summed E-state index contributed by atoms with van der Waals surface area (Å²) in [6, 6.07) is 6.77. The summed E-state index contributed by atoms with van der Waals surface area (Å²) in [4.78, 5) is 4.74. The molecule has 0 saturated heterocycles. The van der Waals surface area contributed by atoms with Crippen LogP contribution in [0.1, 0.15) is 57.2 Å². The minimum atomic E-state index is -0.255. The van der Waals surface area contributed by atoms with Gasteiger partial charge >= 0.3 is 0 Å². The molecular formula is C22H34FIN6. The molecule has 6 nitrogen and oxygen atoms in total. The average Bonchev–Trinajstić information content (AvgIpc) is 2.92. The standard InChI is InChI=1S/C22H33FN6.HI/c1-4-24-21(26-16-22(2,3)17-9-8-10-18(23)15-17)25-13-12-20-28-27-19-11-6-5-7-14-29(19)20;/h8-10,15H,4-7,11-14,16H2,1-3H3,(H2,24,25,26);1H. The quantitative estimate of drug-likeness (QED) is 0.326. The van der Waals surface area contributed by atoms with Gasteiger partial charge in [0.05, 0.1) is 6.54 Å². The second-order valence-corrected chi connectivity index (χ2v) is 8.26. The highest BCUT2D eigenvalue weighted by Crippen LogP contribution is 2.24. The molecule has 0 aliphatic carbocycles. The van der Waals surface area contributed by atoms with Crippen molar-refractivity contribution in [2.24, 2.45) is 4.99 Å². The second-order valence-electron chi connectivity index (χ2n) is 8.26. The monoisotopic (exact) mass is 528 g/mol. The van der Waals surface area contributed by atoms with E-state index in [4.69, 9.17) is 4.99 Å². The highest BCUT2D eigenvalue weighted by Gasteiger charge is 2.21. The summed E-state index contributed by atoms with van der Waals surface area (Å²) >= 11 is 0. The zero-order valence-corrected chi connectivity index (χ0v) is 20.6. The third-order valence-corrected chi connectivity index (χ3v) is 5.41. The van der Waals surface area contributed by atoms with Crippen molar-refractivity contribution in [3.63, 3.8) is 0 Å². The summed E-state index contributed by atoms with van der Waals surface area (Å²) in [7, 11) is 0. The van der Waals surface area contributed by atoms with E-state index in [-0.39, 0.29) is 35.2 Å². The maximum Gasteiger partial charge on any atom is 0.191 e. The van der Waals surface area contributed by atoms with Gasteiger partial charge in [-0.05, 0) is 37.5 Å². The third-order valence-electron chi connectivity index (χ3n) is 5.41. The van der Waals surface area contributed by atoms with E-state index in [1.54, 1.807) is 12.1 Å². The van der Waals surface area contributed by atoms with E-state index in [0.717, 1.165) is 55.6 Å². The Hall–Kier alpha value is -1.71. The van der Waals surface area contributed by atoms with Crippen molar-refractivity contribution in [2.45, 2.75) is 64.8 Å². The maximum absolute atomic E-state index is 13.6. The highest BCUT2D eigenvalue weighted by atomic mass is 127. The lowest BCUT2D eigenvalue weighted by molar-refractivity contribution is 0.529. The van der Waals surface area contributed by atoms with Crippen LogP contribution in [-0.4, -0.2) is 40.4 Å². The molecule has 0 radical (unpaired) electrons. The lowest BCUT2D eigenvalue weighted by Gasteiger charge is -2.24. The van der Waals surface area contributed by atoms with Crippen LogP contribution in [0, 0.1) is 5.82 Å². The molecule has 1 aromatic carbocycles. The predicted molar refractivity (Wildman–Crippen MR) is 130 cm³/mol. The summed E-state index contributed by atoms with van der Waals surface area (Å²) < 4.78 is 15.9. The first kappa shape index (κ1) is 24.6. The van der Waals surface area contributed by atoms with Gasteiger partial charge in [-0.25, -0.2) is 4.39 Å². The van der Waals surface area contributed by atoms with Crippen LogP contribution >= 0.6 is 24.0 Å². The van der Waals surface area contributed by atoms with E-state index in [1.165, 1.54) is 25.3 Å². The normalized spacial score (nSPS) is 14.5. The number of benzene rings is 1. The van der Waals surface area contributed by atoms with Gasteiger partial charge < -0.3 is 15.2 Å². The number of hydrogen-bond donors (Lipinski definition) is 2. The molecular weight excluding hydrogens is 494 g/mol. The summed E-state index contributed by atoms with van der Waals surface area (Å²) in [6.45, 7) is 9.32. The van der Waals surface area contributed by atoms with Crippen LogP contribution in [0.15, 0.2) is 29.3 Å². The van der Waals surface area contributed by atoms with Gasteiger partial charge in [0.1, 0.15) is 17.5 Å². The molecule has 0 bridgehead atoms. The molecule has 0 unspecified atom stereocenters. The van der Waals surface area contributed by atoms with Crippen molar-refractivity contribution < 1.29 is 4.39 Å². The van der Waals surface area contributed by atoms with Crippen LogP contribution in [0.2, 0.25) is 0 Å². The van der Waals surface area contributed by atoms with Crippen molar-refractivity contribution in [1.29, 1.82) is 0 Å². The molecule has 3 rings (SSSR count). The predicted octanol–water partition coefficient (Wildman–Crippen LogP) is 3.84. The Morgan fingerprint density at radius 1 is 1.20 bits per heavy atom.